The lowest BCUT2D eigenvalue weighted by Gasteiger charge is -2.38. The van der Waals surface area contributed by atoms with Crippen LogP contribution in [0.1, 0.15) is 48.9 Å². The van der Waals surface area contributed by atoms with Gasteiger partial charge in [0.05, 0.1) is 12.7 Å². The van der Waals surface area contributed by atoms with Crippen molar-refractivity contribution in [2.75, 3.05) is 19.7 Å². The Bertz CT molecular complexity index is 530. The summed E-state index contributed by atoms with van der Waals surface area (Å²) in [5.74, 6) is 0.933. The second-order valence-corrected chi connectivity index (χ2v) is 6.64. The molecule has 1 aromatic rings. The largest absolute Gasteiger partial charge is 0.508 e. The molecule has 4 unspecified atom stereocenters. The Kier molecular flexibility index (Phi) is 3.95. The van der Waals surface area contributed by atoms with Crippen LogP contribution in [-0.2, 0) is 4.74 Å². The molecule has 116 valence electrons. The molecule has 4 heteroatoms. The highest BCUT2D eigenvalue weighted by Gasteiger charge is 2.38. The van der Waals surface area contributed by atoms with Crippen molar-refractivity contribution >= 4 is 0 Å². The first-order valence-electron chi connectivity index (χ1n) is 7.92. The normalized spacial score (nSPS) is 31.1. The Hall–Kier alpha value is -1.10. The van der Waals surface area contributed by atoms with E-state index in [9.17, 15) is 5.11 Å². The van der Waals surface area contributed by atoms with E-state index in [0.717, 1.165) is 31.7 Å². The lowest BCUT2D eigenvalue weighted by atomic mass is 9.97. The molecule has 1 aromatic carbocycles. The van der Waals surface area contributed by atoms with Crippen LogP contribution < -0.4 is 5.73 Å². The van der Waals surface area contributed by atoms with Crippen LogP contribution in [0.15, 0.2) is 12.1 Å². The molecule has 0 spiro atoms. The average molecular weight is 290 g/mol. The number of hydrogen-bond acceptors (Lipinski definition) is 4. The monoisotopic (exact) mass is 290 g/mol. The van der Waals surface area contributed by atoms with E-state index in [2.05, 4.69) is 18.7 Å². The van der Waals surface area contributed by atoms with Gasteiger partial charge in [-0.3, -0.25) is 4.90 Å². The molecule has 1 heterocycles. The third-order valence-corrected chi connectivity index (χ3v) is 5.04. The zero-order chi connectivity index (χ0) is 15.1. The smallest absolute Gasteiger partial charge is 0.120 e. The quantitative estimate of drug-likeness (QED) is 0.877. The second kappa shape index (κ2) is 5.59. The molecule has 4 atom stereocenters. The van der Waals surface area contributed by atoms with E-state index in [1.54, 1.807) is 0 Å². The van der Waals surface area contributed by atoms with Crippen LogP contribution in [0.25, 0.3) is 0 Å². The van der Waals surface area contributed by atoms with Crippen LogP contribution >= 0.6 is 0 Å². The summed E-state index contributed by atoms with van der Waals surface area (Å²) in [5, 5.41) is 10.4. The maximum atomic E-state index is 10.4. The van der Waals surface area contributed by atoms with Crippen LogP contribution in [0.2, 0.25) is 0 Å². The van der Waals surface area contributed by atoms with E-state index >= 15 is 0 Å². The molecule has 1 saturated heterocycles. The number of nitrogens with zero attached hydrogens (tertiary/aromatic N) is 1. The number of aryl methyl sites for hydroxylation is 1. The van der Waals surface area contributed by atoms with Gasteiger partial charge in [0.25, 0.3) is 0 Å². The molecule has 3 rings (SSSR count). The Morgan fingerprint density at radius 2 is 2.14 bits per heavy atom. The standard InChI is InChI=1S/C17H26N2O2/c1-10-4-5-14(20)17-13(8-11(2)16(10)17)19-6-7-21-15(9-19)12(3)18/h4-5,11-13,15,20H,6-9,18H2,1-3H3. The number of benzene rings is 1. The first-order chi connectivity index (χ1) is 9.99. The number of hydrogen-bond donors (Lipinski definition) is 2. The molecule has 1 aliphatic heterocycles. The zero-order valence-electron chi connectivity index (χ0n) is 13.2. The summed E-state index contributed by atoms with van der Waals surface area (Å²) in [4.78, 5) is 2.44. The Balaban J connectivity index is 1.91. The molecule has 1 fully saturated rings. The van der Waals surface area contributed by atoms with Gasteiger partial charge in [0.2, 0.25) is 0 Å². The predicted octanol–water partition coefficient (Wildman–Crippen LogP) is 2.30. The van der Waals surface area contributed by atoms with E-state index in [4.69, 9.17) is 10.5 Å². The number of ether oxygens (including phenoxy) is 1. The van der Waals surface area contributed by atoms with Crippen molar-refractivity contribution < 1.29 is 9.84 Å². The van der Waals surface area contributed by atoms with Crippen molar-refractivity contribution in [2.45, 2.75) is 51.3 Å². The number of rotatable bonds is 2. The minimum Gasteiger partial charge on any atom is -0.508 e. The fourth-order valence-electron chi connectivity index (χ4n) is 3.94. The lowest BCUT2D eigenvalue weighted by Crippen LogP contribution is -2.50. The number of fused-ring (bicyclic) bond motifs is 1. The van der Waals surface area contributed by atoms with Gasteiger partial charge in [0, 0.05) is 30.7 Å². The van der Waals surface area contributed by atoms with Crippen molar-refractivity contribution in [3.8, 4) is 5.75 Å². The number of aromatic hydroxyl groups is 1. The van der Waals surface area contributed by atoms with Crippen LogP contribution in [0.4, 0.5) is 0 Å². The summed E-state index contributed by atoms with van der Waals surface area (Å²) in [6.45, 7) is 8.88. The fraction of sp³-hybridized carbons (Fsp3) is 0.647. The van der Waals surface area contributed by atoms with Crippen LogP contribution in [0, 0.1) is 6.92 Å². The molecule has 21 heavy (non-hydrogen) atoms. The van der Waals surface area contributed by atoms with Crippen molar-refractivity contribution in [3.63, 3.8) is 0 Å². The number of phenols is 1. The molecular formula is C17H26N2O2. The SMILES string of the molecule is Cc1ccc(O)c2c1C(C)CC2N1CCOC(C(C)N)C1. The first-order valence-corrected chi connectivity index (χ1v) is 7.92. The van der Waals surface area contributed by atoms with Crippen LogP contribution in [0.5, 0.6) is 5.75 Å². The molecule has 4 nitrogen and oxygen atoms in total. The van der Waals surface area contributed by atoms with E-state index < -0.39 is 0 Å². The number of nitrogens with two attached hydrogens (primary N) is 1. The highest BCUT2D eigenvalue weighted by atomic mass is 16.5. The van der Waals surface area contributed by atoms with Crippen molar-refractivity contribution in [1.82, 2.24) is 4.90 Å². The summed E-state index contributed by atoms with van der Waals surface area (Å²) in [6, 6.07) is 4.19. The summed E-state index contributed by atoms with van der Waals surface area (Å²) in [5.41, 5.74) is 9.76. The molecule has 0 radical (unpaired) electrons. The summed E-state index contributed by atoms with van der Waals surface area (Å²) < 4.78 is 5.77. The minimum absolute atomic E-state index is 0.0391. The van der Waals surface area contributed by atoms with Crippen molar-refractivity contribution in [2.24, 2.45) is 5.73 Å². The van der Waals surface area contributed by atoms with Gasteiger partial charge in [0.15, 0.2) is 0 Å². The van der Waals surface area contributed by atoms with Gasteiger partial charge >= 0.3 is 0 Å². The molecule has 2 aliphatic rings. The van der Waals surface area contributed by atoms with E-state index in [1.807, 2.05) is 19.1 Å². The fourth-order valence-corrected chi connectivity index (χ4v) is 3.94. The van der Waals surface area contributed by atoms with Gasteiger partial charge in [-0.25, -0.2) is 0 Å². The zero-order valence-corrected chi connectivity index (χ0v) is 13.2. The third kappa shape index (κ3) is 2.56. The Morgan fingerprint density at radius 3 is 2.86 bits per heavy atom. The molecule has 0 saturated carbocycles. The van der Waals surface area contributed by atoms with Crippen LogP contribution in [0.3, 0.4) is 0 Å². The van der Waals surface area contributed by atoms with E-state index in [1.165, 1.54) is 11.1 Å². The van der Waals surface area contributed by atoms with E-state index in [-0.39, 0.29) is 12.1 Å². The van der Waals surface area contributed by atoms with Crippen LogP contribution in [-0.4, -0.2) is 41.8 Å². The van der Waals surface area contributed by atoms with Gasteiger partial charge < -0.3 is 15.6 Å². The number of morpholine rings is 1. The van der Waals surface area contributed by atoms with Crippen molar-refractivity contribution in [3.05, 3.63) is 28.8 Å². The molecule has 0 bridgehead atoms. The Labute approximate surface area is 126 Å². The average Bonchev–Trinajstić information content (AvgIpc) is 2.82. The molecule has 1 aliphatic carbocycles. The number of phenolic OH excluding ortho intramolecular Hbond substituents is 1. The predicted molar refractivity (Wildman–Crippen MR) is 83.6 cm³/mol. The lowest BCUT2D eigenvalue weighted by molar-refractivity contribution is -0.0525. The van der Waals surface area contributed by atoms with Gasteiger partial charge in [-0.2, -0.15) is 0 Å². The minimum atomic E-state index is 0.0391. The first kappa shape index (κ1) is 14.8. The van der Waals surface area contributed by atoms with E-state index in [0.29, 0.717) is 17.7 Å². The molecular weight excluding hydrogens is 264 g/mol. The molecule has 0 aromatic heterocycles. The molecule has 3 N–H and O–H groups in total. The van der Waals surface area contributed by atoms with Gasteiger partial charge in [-0.15, -0.1) is 0 Å². The summed E-state index contributed by atoms with van der Waals surface area (Å²) >= 11 is 0. The highest BCUT2D eigenvalue weighted by Crippen LogP contribution is 2.48. The van der Waals surface area contributed by atoms with Crippen molar-refractivity contribution in [1.29, 1.82) is 0 Å². The molecule has 0 amide bonds. The van der Waals surface area contributed by atoms with Gasteiger partial charge in [-0.1, -0.05) is 13.0 Å². The summed E-state index contributed by atoms with van der Waals surface area (Å²) in [6.07, 6.45) is 1.16. The van der Waals surface area contributed by atoms with Gasteiger partial charge in [-0.05, 0) is 43.4 Å². The van der Waals surface area contributed by atoms with Gasteiger partial charge in [0.1, 0.15) is 5.75 Å². The maximum Gasteiger partial charge on any atom is 0.120 e. The second-order valence-electron chi connectivity index (χ2n) is 6.64. The third-order valence-electron chi connectivity index (χ3n) is 5.04. The Morgan fingerprint density at radius 1 is 1.38 bits per heavy atom. The maximum absolute atomic E-state index is 10.4. The topological polar surface area (TPSA) is 58.7 Å². The summed E-state index contributed by atoms with van der Waals surface area (Å²) in [7, 11) is 0. The highest BCUT2D eigenvalue weighted by molar-refractivity contribution is 5.51.